The zero-order chi connectivity index (χ0) is 32.7. The number of aliphatic hydroxyl groups excluding tert-OH is 3. The van der Waals surface area contributed by atoms with Crippen molar-refractivity contribution in [2.24, 2.45) is 0 Å². The van der Waals surface area contributed by atoms with E-state index >= 15 is 0 Å². The Morgan fingerprint density at radius 2 is 1.51 bits per heavy atom. The van der Waals surface area contributed by atoms with Crippen LogP contribution >= 0.6 is 0 Å². The molecule has 242 valence electrons. The second-order valence-electron chi connectivity index (χ2n) is 10.2. The highest BCUT2D eigenvalue weighted by Gasteiger charge is 2.45. The minimum Gasteiger partial charge on any atom is -0.502 e. The van der Waals surface area contributed by atoms with Crippen molar-refractivity contribution in [1.82, 2.24) is 0 Å². The standard InChI is InChI=1S/C32H36O13/c1-4-17-6-5-7-18(12-17)10-11-42-24-15-20(14-23(41-3)26(24)33)31(39)43-16-25-27(34)28(35)29(36)32(45-25)44-21-9-8-19(30(37)38)13-22(21)40-2/h5-9,12-15,25,27-29,32-36H,4,10-11,16H2,1-3H3,(H,37,38)/t25-,27-,28+,29-,32-/m1/s1. The SMILES string of the molecule is CCc1cccc(CCOc2cc(C(=O)OC[C@H]3O[C@@H](Oc4ccc(C(=O)O)cc4OC)[C@H](O)[C@@H](O)[C@@H]3O)cc(OC)c2O)c1. The van der Waals surface area contributed by atoms with E-state index < -0.39 is 49.3 Å². The number of hydrogen-bond donors (Lipinski definition) is 5. The van der Waals surface area contributed by atoms with Crippen molar-refractivity contribution >= 4 is 11.9 Å². The maximum Gasteiger partial charge on any atom is 0.338 e. The number of aryl methyl sites for hydroxylation is 1. The van der Waals surface area contributed by atoms with Crippen molar-refractivity contribution < 1.29 is 63.5 Å². The van der Waals surface area contributed by atoms with Gasteiger partial charge in [0.05, 0.1) is 32.0 Å². The monoisotopic (exact) mass is 628 g/mol. The molecule has 1 fully saturated rings. The zero-order valence-electron chi connectivity index (χ0n) is 24.9. The summed E-state index contributed by atoms with van der Waals surface area (Å²) < 4.78 is 32.7. The fourth-order valence-electron chi connectivity index (χ4n) is 4.67. The number of phenols is 1. The van der Waals surface area contributed by atoms with E-state index in [1.807, 2.05) is 18.2 Å². The second-order valence-corrected chi connectivity index (χ2v) is 10.2. The van der Waals surface area contributed by atoms with Crippen molar-refractivity contribution in [2.75, 3.05) is 27.4 Å². The normalized spacial score (nSPS) is 21.1. The number of rotatable bonds is 13. The molecule has 0 unspecified atom stereocenters. The maximum absolute atomic E-state index is 13.0. The van der Waals surface area contributed by atoms with Gasteiger partial charge in [-0.2, -0.15) is 0 Å². The molecule has 3 aromatic carbocycles. The molecular weight excluding hydrogens is 592 g/mol. The summed E-state index contributed by atoms with van der Waals surface area (Å²) in [6, 6.07) is 14.3. The van der Waals surface area contributed by atoms with Crippen LogP contribution in [0.5, 0.6) is 28.7 Å². The predicted molar refractivity (Wildman–Crippen MR) is 157 cm³/mol. The summed E-state index contributed by atoms with van der Waals surface area (Å²) in [7, 11) is 2.60. The fourth-order valence-corrected chi connectivity index (χ4v) is 4.67. The Balaban J connectivity index is 1.43. The second kappa shape index (κ2) is 14.9. The Bertz CT molecular complexity index is 1490. The van der Waals surface area contributed by atoms with E-state index in [4.69, 9.17) is 28.4 Å². The highest BCUT2D eigenvalue weighted by Crippen LogP contribution is 2.38. The molecule has 1 heterocycles. The Labute approximate surface area is 259 Å². The molecule has 0 amide bonds. The van der Waals surface area contributed by atoms with E-state index in [0.29, 0.717) is 6.42 Å². The fraction of sp³-hybridized carbons (Fsp3) is 0.375. The maximum atomic E-state index is 13.0. The molecule has 13 nitrogen and oxygen atoms in total. The molecule has 0 spiro atoms. The number of aliphatic hydroxyl groups is 3. The van der Waals surface area contributed by atoms with Crippen molar-refractivity contribution in [3.8, 4) is 28.7 Å². The van der Waals surface area contributed by atoms with Gasteiger partial charge in [-0.25, -0.2) is 9.59 Å². The van der Waals surface area contributed by atoms with Crippen LogP contribution in [0.2, 0.25) is 0 Å². The lowest BCUT2D eigenvalue weighted by Gasteiger charge is -2.40. The molecular formula is C32H36O13. The lowest BCUT2D eigenvalue weighted by molar-refractivity contribution is -0.277. The molecule has 0 saturated carbocycles. The van der Waals surface area contributed by atoms with Crippen LogP contribution in [0.25, 0.3) is 0 Å². The lowest BCUT2D eigenvalue weighted by Crippen LogP contribution is -2.60. The highest BCUT2D eigenvalue weighted by atomic mass is 16.7. The number of carboxylic acid groups (broad SMARTS) is 1. The van der Waals surface area contributed by atoms with E-state index in [1.54, 1.807) is 0 Å². The summed E-state index contributed by atoms with van der Waals surface area (Å²) in [5.74, 6) is -2.40. The first kappa shape index (κ1) is 33.3. The number of aromatic carboxylic acids is 1. The number of hydrogen-bond acceptors (Lipinski definition) is 12. The Morgan fingerprint density at radius 1 is 0.822 bits per heavy atom. The van der Waals surface area contributed by atoms with E-state index in [0.717, 1.165) is 12.0 Å². The van der Waals surface area contributed by atoms with Crippen molar-refractivity contribution in [3.05, 3.63) is 76.9 Å². The van der Waals surface area contributed by atoms with Gasteiger partial charge in [0.25, 0.3) is 0 Å². The molecule has 1 saturated heterocycles. The first-order valence-electron chi connectivity index (χ1n) is 14.1. The van der Waals surface area contributed by atoms with E-state index in [1.165, 1.54) is 50.1 Å². The van der Waals surface area contributed by atoms with Gasteiger partial charge in [0.15, 0.2) is 23.0 Å². The van der Waals surface area contributed by atoms with Crippen LogP contribution in [-0.4, -0.2) is 95.6 Å². The summed E-state index contributed by atoms with van der Waals surface area (Å²) >= 11 is 0. The molecule has 0 aromatic heterocycles. The van der Waals surface area contributed by atoms with Crippen molar-refractivity contribution in [2.45, 2.75) is 50.5 Å². The summed E-state index contributed by atoms with van der Waals surface area (Å²) in [5.41, 5.74) is 2.12. The number of methoxy groups -OCH3 is 2. The average Bonchev–Trinajstić information content (AvgIpc) is 3.05. The molecule has 0 bridgehead atoms. The quantitative estimate of drug-likeness (QED) is 0.174. The number of aromatic hydroxyl groups is 1. The van der Waals surface area contributed by atoms with Crippen LogP contribution in [0, 0.1) is 0 Å². The molecule has 5 N–H and O–H groups in total. The molecule has 13 heteroatoms. The molecule has 1 aliphatic heterocycles. The number of carbonyl (C=O) groups is 2. The number of ether oxygens (including phenoxy) is 6. The Kier molecular flexibility index (Phi) is 11.1. The van der Waals surface area contributed by atoms with E-state index in [-0.39, 0.29) is 46.5 Å². The third-order valence-electron chi connectivity index (χ3n) is 7.24. The van der Waals surface area contributed by atoms with Gasteiger partial charge in [0.2, 0.25) is 12.0 Å². The van der Waals surface area contributed by atoms with Gasteiger partial charge in [-0.3, -0.25) is 0 Å². The van der Waals surface area contributed by atoms with Gasteiger partial charge in [0, 0.05) is 6.42 Å². The summed E-state index contributed by atoms with van der Waals surface area (Å²) in [5, 5.41) is 51.2. The summed E-state index contributed by atoms with van der Waals surface area (Å²) in [6.07, 6.45) is -6.58. The molecule has 45 heavy (non-hydrogen) atoms. The minimum absolute atomic E-state index is 0.00299. The van der Waals surface area contributed by atoms with Crippen molar-refractivity contribution in [1.29, 1.82) is 0 Å². The number of carboxylic acids is 1. The van der Waals surface area contributed by atoms with Crippen LogP contribution < -0.4 is 18.9 Å². The highest BCUT2D eigenvalue weighted by molar-refractivity contribution is 5.91. The third-order valence-corrected chi connectivity index (χ3v) is 7.24. The molecule has 0 radical (unpaired) electrons. The van der Waals surface area contributed by atoms with Gasteiger partial charge in [-0.05, 0) is 47.9 Å². The van der Waals surface area contributed by atoms with Crippen LogP contribution in [0.4, 0.5) is 0 Å². The first-order valence-corrected chi connectivity index (χ1v) is 14.1. The summed E-state index contributed by atoms with van der Waals surface area (Å²) in [4.78, 5) is 24.3. The van der Waals surface area contributed by atoms with Gasteiger partial charge < -0.3 is 54.0 Å². The molecule has 3 aromatic rings. The molecule has 0 aliphatic carbocycles. The molecule has 5 atom stereocenters. The lowest BCUT2D eigenvalue weighted by atomic mass is 9.99. The van der Waals surface area contributed by atoms with Crippen LogP contribution in [-0.2, 0) is 22.3 Å². The van der Waals surface area contributed by atoms with E-state index in [2.05, 4.69) is 13.0 Å². The summed E-state index contributed by atoms with van der Waals surface area (Å²) in [6.45, 7) is 1.70. The van der Waals surface area contributed by atoms with Crippen LogP contribution in [0.1, 0.15) is 38.8 Å². The first-order chi connectivity index (χ1) is 21.6. The van der Waals surface area contributed by atoms with Crippen molar-refractivity contribution in [3.63, 3.8) is 0 Å². The smallest absolute Gasteiger partial charge is 0.338 e. The Hall–Kier alpha value is -4.56. The third kappa shape index (κ3) is 7.94. The topological polar surface area (TPSA) is 191 Å². The molecule has 1 aliphatic rings. The van der Waals surface area contributed by atoms with E-state index in [9.17, 15) is 35.1 Å². The minimum atomic E-state index is -1.75. The van der Waals surface area contributed by atoms with Crippen LogP contribution in [0.3, 0.4) is 0 Å². The number of esters is 1. The van der Waals surface area contributed by atoms with Gasteiger partial charge in [-0.15, -0.1) is 0 Å². The predicted octanol–water partition coefficient (Wildman–Crippen LogP) is 2.33. The number of benzene rings is 3. The largest absolute Gasteiger partial charge is 0.502 e. The van der Waals surface area contributed by atoms with Crippen LogP contribution in [0.15, 0.2) is 54.6 Å². The number of phenolic OH excluding ortho intramolecular Hbond substituents is 1. The Morgan fingerprint density at radius 3 is 2.20 bits per heavy atom. The van der Waals surface area contributed by atoms with Gasteiger partial charge in [-0.1, -0.05) is 31.2 Å². The average molecular weight is 629 g/mol. The number of carbonyl (C=O) groups excluding carboxylic acids is 1. The van der Waals surface area contributed by atoms with Gasteiger partial charge in [0.1, 0.15) is 31.0 Å². The zero-order valence-corrected chi connectivity index (χ0v) is 24.9. The van der Waals surface area contributed by atoms with Gasteiger partial charge >= 0.3 is 11.9 Å². The molecule has 4 rings (SSSR count).